The quantitative estimate of drug-likeness (QED) is 0.208. The van der Waals surface area contributed by atoms with Gasteiger partial charge in [0.05, 0.1) is 37.0 Å². The van der Waals surface area contributed by atoms with Crippen LogP contribution in [0.2, 0.25) is 5.02 Å². The average Bonchev–Trinajstić information content (AvgIpc) is 2.97. The van der Waals surface area contributed by atoms with Gasteiger partial charge in [0, 0.05) is 34.3 Å². The molecule has 214 valence electrons. The number of benzene rings is 3. The number of hydrogen-bond acceptors (Lipinski definition) is 9. The molecule has 1 aliphatic rings. The molecule has 0 radical (unpaired) electrons. The number of aldehydes is 1. The SMILES string of the molecule is Cc1cc(C#N)cc(C(=O)c2cc(Cl)ccc2OCC(=O)Nc2ccc(SN)cc2C)c1.O=CCN1CCOCC1. The van der Waals surface area contributed by atoms with E-state index in [0.29, 0.717) is 28.4 Å². The molecule has 1 heterocycles. The maximum atomic E-state index is 13.1. The molecule has 0 aromatic heterocycles. The standard InChI is InChI=1S/C24H20ClN3O3S.C6H11NO2/c1-14-7-16(12-26)10-17(8-14)24(30)20-11-18(25)3-6-22(20)31-13-23(29)28-21-5-4-19(32-27)9-15(21)2;8-4-1-7-2-5-9-6-3-7/h3-11H,13,27H2,1-2H3,(H,28,29);4H,1-3,5-6H2. The second-order valence-electron chi connectivity index (χ2n) is 9.18. The number of anilines is 1. The van der Waals surface area contributed by atoms with Crippen molar-refractivity contribution in [1.82, 2.24) is 4.90 Å². The van der Waals surface area contributed by atoms with Gasteiger partial charge >= 0.3 is 0 Å². The second-order valence-corrected chi connectivity index (χ2v) is 10.3. The number of nitrogens with two attached hydrogens (primary N) is 1. The van der Waals surface area contributed by atoms with E-state index in [9.17, 15) is 19.6 Å². The molecule has 0 aliphatic carbocycles. The Labute approximate surface area is 248 Å². The number of morpholine rings is 1. The molecule has 3 aromatic carbocycles. The minimum Gasteiger partial charge on any atom is -0.483 e. The third-order valence-corrected chi connectivity index (χ3v) is 6.82. The minimum atomic E-state index is -0.378. The lowest BCUT2D eigenvalue weighted by molar-refractivity contribution is -0.118. The number of carbonyl (C=O) groups excluding carboxylic acids is 3. The molecule has 41 heavy (non-hydrogen) atoms. The van der Waals surface area contributed by atoms with E-state index in [2.05, 4.69) is 10.2 Å². The maximum Gasteiger partial charge on any atom is 0.262 e. The molecule has 11 heteroatoms. The first-order valence-electron chi connectivity index (χ1n) is 12.7. The topological polar surface area (TPSA) is 135 Å². The highest BCUT2D eigenvalue weighted by Gasteiger charge is 2.18. The van der Waals surface area contributed by atoms with Crippen molar-refractivity contribution in [2.45, 2.75) is 18.7 Å². The fourth-order valence-corrected chi connectivity index (χ4v) is 4.57. The second kappa shape index (κ2) is 15.9. The first kappa shape index (κ1) is 31.8. The fraction of sp³-hybridized carbons (Fsp3) is 0.267. The van der Waals surface area contributed by atoms with E-state index >= 15 is 0 Å². The van der Waals surface area contributed by atoms with Gasteiger partial charge in [-0.05, 0) is 91.5 Å². The Morgan fingerprint density at radius 3 is 2.56 bits per heavy atom. The fourth-order valence-electron chi connectivity index (χ4n) is 4.01. The van der Waals surface area contributed by atoms with Crippen molar-refractivity contribution in [1.29, 1.82) is 5.26 Å². The van der Waals surface area contributed by atoms with Crippen LogP contribution in [0.4, 0.5) is 5.69 Å². The largest absolute Gasteiger partial charge is 0.483 e. The van der Waals surface area contributed by atoms with Crippen LogP contribution in [0.25, 0.3) is 0 Å². The Kier molecular flexibility index (Phi) is 12.3. The van der Waals surface area contributed by atoms with Crippen molar-refractivity contribution >= 4 is 47.2 Å². The lowest BCUT2D eigenvalue weighted by Crippen LogP contribution is -2.37. The number of aryl methyl sites for hydroxylation is 2. The summed E-state index contributed by atoms with van der Waals surface area (Å²) in [5.74, 6) is -0.507. The van der Waals surface area contributed by atoms with E-state index in [1.54, 1.807) is 43.3 Å². The van der Waals surface area contributed by atoms with Crippen molar-refractivity contribution in [3.63, 3.8) is 0 Å². The van der Waals surface area contributed by atoms with Crippen molar-refractivity contribution in [3.8, 4) is 11.8 Å². The summed E-state index contributed by atoms with van der Waals surface area (Å²) in [6, 6.07) is 17.0. The number of nitrogens with one attached hydrogen (secondary N) is 1. The lowest BCUT2D eigenvalue weighted by atomic mass is 9.98. The molecule has 1 aliphatic heterocycles. The number of rotatable bonds is 9. The number of nitrogens with zero attached hydrogens (tertiary/aromatic N) is 2. The van der Waals surface area contributed by atoms with Gasteiger partial charge in [-0.15, -0.1) is 0 Å². The van der Waals surface area contributed by atoms with Crippen LogP contribution in [0.3, 0.4) is 0 Å². The lowest BCUT2D eigenvalue weighted by Gasteiger charge is -2.23. The minimum absolute atomic E-state index is 0.209. The third kappa shape index (κ3) is 9.70. The van der Waals surface area contributed by atoms with Gasteiger partial charge in [-0.2, -0.15) is 5.26 Å². The summed E-state index contributed by atoms with van der Waals surface area (Å²) < 4.78 is 10.7. The molecular weight excluding hydrogens is 564 g/mol. The van der Waals surface area contributed by atoms with E-state index in [0.717, 1.165) is 60.6 Å². The maximum absolute atomic E-state index is 13.1. The third-order valence-electron chi connectivity index (χ3n) is 6.06. The van der Waals surface area contributed by atoms with Crippen molar-refractivity contribution in [2.24, 2.45) is 5.14 Å². The molecule has 1 amide bonds. The molecule has 0 atom stereocenters. The van der Waals surface area contributed by atoms with Crippen molar-refractivity contribution < 1.29 is 23.9 Å². The number of ketones is 1. The van der Waals surface area contributed by atoms with Gasteiger partial charge in [-0.1, -0.05) is 11.6 Å². The van der Waals surface area contributed by atoms with E-state index in [1.165, 1.54) is 12.1 Å². The molecule has 1 fully saturated rings. The summed E-state index contributed by atoms with van der Waals surface area (Å²) in [5, 5.41) is 17.9. The van der Waals surface area contributed by atoms with Crippen LogP contribution in [0.1, 0.15) is 32.6 Å². The molecule has 3 aromatic rings. The Hall–Kier alpha value is -3.72. The zero-order valence-corrected chi connectivity index (χ0v) is 24.4. The first-order chi connectivity index (χ1) is 19.7. The molecule has 0 spiro atoms. The number of ether oxygens (including phenoxy) is 2. The number of carbonyl (C=O) groups is 3. The van der Waals surface area contributed by atoms with Gasteiger partial charge in [0.25, 0.3) is 5.91 Å². The molecule has 9 nitrogen and oxygen atoms in total. The summed E-state index contributed by atoms with van der Waals surface area (Å²) in [6.45, 7) is 7.27. The van der Waals surface area contributed by atoms with Crippen LogP contribution < -0.4 is 15.2 Å². The first-order valence-corrected chi connectivity index (χ1v) is 14.0. The Morgan fingerprint density at radius 2 is 1.90 bits per heavy atom. The average molecular weight is 595 g/mol. The van der Waals surface area contributed by atoms with Crippen LogP contribution in [-0.2, 0) is 14.3 Å². The summed E-state index contributed by atoms with van der Waals surface area (Å²) in [4.78, 5) is 38.5. The predicted molar refractivity (Wildman–Crippen MR) is 159 cm³/mol. The molecule has 3 N–H and O–H groups in total. The van der Waals surface area contributed by atoms with E-state index in [1.807, 2.05) is 19.1 Å². The number of nitriles is 1. The smallest absolute Gasteiger partial charge is 0.262 e. The van der Waals surface area contributed by atoms with Crippen molar-refractivity contribution in [2.75, 3.05) is 44.8 Å². The summed E-state index contributed by atoms with van der Waals surface area (Å²) in [5.41, 5.74) is 3.22. The number of amides is 1. The van der Waals surface area contributed by atoms with Gasteiger partial charge in [0.15, 0.2) is 12.4 Å². The van der Waals surface area contributed by atoms with Gasteiger partial charge < -0.3 is 19.6 Å². The monoisotopic (exact) mass is 594 g/mol. The zero-order chi connectivity index (χ0) is 29.8. The Bertz CT molecular complexity index is 1440. The van der Waals surface area contributed by atoms with Crippen LogP contribution >= 0.6 is 23.5 Å². The Balaban J connectivity index is 0.000000436. The number of halogens is 1. The van der Waals surface area contributed by atoms with Crippen LogP contribution in [0, 0.1) is 25.2 Å². The zero-order valence-electron chi connectivity index (χ0n) is 22.8. The highest BCUT2D eigenvalue weighted by Crippen LogP contribution is 2.27. The summed E-state index contributed by atoms with van der Waals surface area (Å²) in [6.07, 6.45) is 0.936. The van der Waals surface area contributed by atoms with Crippen LogP contribution in [0.15, 0.2) is 59.5 Å². The van der Waals surface area contributed by atoms with Crippen LogP contribution in [-0.4, -0.2) is 62.3 Å². The van der Waals surface area contributed by atoms with Gasteiger partial charge in [0.1, 0.15) is 12.0 Å². The molecule has 4 rings (SSSR count). The van der Waals surface area contributed by atoms with E-state index in [-0.39, 0.29) is 29.6 Å². The molecule has 0 saturated carbocycles. The van der Waals surface area contributed by atoms with Gasteiger partial charge in [-0.25, -0.2) is 0 Å². The molecule has 1 saturated heterocycles. The molecule has 0 bridgehead atoms. The normalized spacial score (nSPS) is 12.9. The number of hydrogen-bond donors (Lipinski definition) is 2. The van der Waals surface area contributed by atoms with E-state index < -0.39 is 0 Å². The highest BCUT2D eigenvalue weighted by molar-refractivity contribution is 7.97. The van der Waals surface area contributed by atoms with Crippen molar-refractivity contribution in [3.05, 3.63) is 87.4 Å². The van der Waals surface area contributed by atoms with E-state index in [4.69, 9.17) is 26.2 Å². The summed E-state index contributed by atoms with van der Waals surface area (Å²) in [7, 11) is 0. The van der Waals surface area contributed by atoms with Crippen LogP contribution in [0.5, 0.6) is 5.75 Å². The highest BCUT2D eigenvalue weighted by atomic mass is 35.5. The molecule has 0 unspecified atom stereocenters. The predicted octanol–water partition coefficient (Wildman–Crippen LogP) is 4.56. The Morgan fingerprint density at radius 1 is 1.15 bits per heavy atom. The van der Waals surface area contributed by atoms with Gasteiger partial charge in [-0.3, -0.25) is 19.6 Å². The summed E-state index contributed by atoms with van der Waals surface area (Å²) >= 11 is 7.23. The van der Waals surface area contributed by atoms with Gasteiger partial charge in [0.2, 0.25) is 0 Å². The molecular formula is C30H31ClN4O5S.